The van der Waals surface area contributed by atoms with Gasteiger partial charge in [-0.15, -0.1) is 0 Å². The molecule has 0 unspecified atom stereocenters. The van der Waals surface area contributed by atoms with Gasteiger partial charge in [0.25, 0.3) is 0 Å². The van der Waals surface area contributed by atoms with Crippen LogP contribution in [-0.2, 0) is 11.8 Å². The van der Waals surface area contributed by atoms with Crippen LogP contribution in [-0.4, -0.2) is 15.7 Å². The molecule has 4 nitrogen and oxygen atoms in total. The summed E-state index contributed by atoms with van der Waals surface area (Å²) < 4.78 is 1.57. The van der Waals surface area contributed by atoms with E-state index < -0.39 is 0 Å². The lowest BCUT2D eigenvalue weighted by Gasteiger charge is -2.00. The first-order chi connectivity index (χ1) is 7.24. The van der Waals surface area contributed by atoms with Gasteiger partial charge < -0.3 is 5.32 Å². The van der Waals surface area contributed by atoms with E-state index in [1.807, 2.05) is 27.7 Å². The Kier molecular flexibility index (Phi) is 11.1. The predicted molar refractivity (Wildman–Crippen MR) is 64.7 cm³/mol. The van der Waals surface area contributed by atoms with Crippen molar-refractivity contribution >= 4 is 11.7 Å². The molecule has 0 aromatic carbocycles. The summed E-state index contributed by atoms with van der Waals surface area (Å²) in [7, 11) is 1.75. The number of aryl methyl sites for hydroxylation is 1. The lowest BCUT2D eigenvalue weighted by atomic mass is 10.5. The van der Waals surface area contributed by atoms with Gasteiger partial charge in [0.15, 0.2) is 0 Å². The van der Waals surface area contributed by atoms with Crippen molar-refractivity contribution < 1.29 is 4.79 Å². The van der Waals surface area contributed by atoms with Crippen molar-refractivity contribution in [3.05, 3.63) is 24.9 Å². The normalized spacial score (nSPS) is 7.53. The fourth-order valence-electron chi connectivity index (χ4n) is 0.674. The molecule has 4 heteroatoms. The molecule has 0 saturated heterocycles. The largest absolute Gasteiger partial charge is 0.307 e. The average Bonchev–Trinajstić information content (AvgIpc) is 2.70. The molecule has 1 aromatic rings. The van der Waals surface area contributed by atoms with Crippen LogP contribution < -0.4 is 5.32 Å². The number of nitrogens with zero attached hydrogens (tertiary/aromatic N) is 2. The van der Waals surface area contributed by atoms with Crippen LogP contribution in [0.25, 0.3) is 0 Å². The Hall–Kier alpha value is -1.58. The fraction of sp³-hybridized carbons (Fsp3) is 0.455. The summed E-state index contributed by atoms with van der Waals surface area (Å²) in [5.74, 6) is 0.434. The summed E-state index contributed by atoms with van der Waals surface area (Å²) in [6.45, 7) is 11.3. The first-order valence-electron chi connectivity index (χ1n) is 5.15. The molecule has 1 N–H and O–H groups in total. The van der Waals surface area contributed by atoms with E-state index in [9.17, 15) is 4.79 Å². The van der Waals surface area contributed by atoms with Gasteiger partial charge in [0.05, 0.1) is 6.20 Å². The smallest absolute Gasteiger partial charge is 0.248 e. The molecule has 0 atom stereocenters. The van der Waals surface area contributed by atoms with Gasteiger partial charge in [-0.05, 0) is 6.08 Å². The van der Waals surface area contributed by atoms with Gasteiger partial charge in [0, 0.05) is 13.1 Å². The van der Waals surface area contributed by atoms with Crippen LogP contribution in [0, 0.1) is 0 Å². The number of amides is 1. The van der Waals surface area contributed by atoms with Crippen LogP contribution in [0.2, 0.25) is 0 Å². The predicted octanol–water partition coefficient (Wildman–Crippen LogP) is 2.60. The monoisotopic (exact) mass is 211 g/mol. The zero-order chi connectivity index (χ0) is 12.3. The lowest BCUT2D eigenvalue weighted by Crippen LogP contribution is -2.10. The maximum absolute atomic E-state index is 10.8. The van der Waals surface area contributed by atoms with Gasteiger partial charge in [-0.1, -0.05) is 34.3 Å². The van der Waals surface area contributed by atoms with E-state index in [-0.39, 0.29) is 5.91 Å². The summed E-state index contributed by atoms with van der Waals surface area (Å²) in [5, 5.41) is 6.45. The molecular formula is C11H21N3O. The Morgan fingerprint density at radius 1 is 1.47 bits per heavy atom. The maximum atomic E-state index is 10.8. The van der Waals surface area contributed by atoms with Gasteiger partial charge in [-0.3, -0.25) is 9.48 Å². The van der Waals surface area contributed by atoms with Crippen LogP contribution >= 0.6 is 0 Å². The highest BCUT2D eigenvalue weighted by Gasteiger charge is 1.99. The number of anilines is 1. The van der Waals surface area contributed by atoms with Gasteiger partial charge in [0.2, 0.25) is 5.91 Å². The molecule has 15 heavy (non-hydrogen) atoms. The highest BCUT2D eigenvalue weighted by atomic mass is 16.1. The third-order valence-corrected chi connectivity index (χ3v) is 1.26. The zero-order valence-corrected chi connectivity index (χ0v) is 10.2. The molecule has 0 radical (unpaired) electrons. The minimum atomic E-state index is -0.228. The number of aromatic nitrogens is 2. The second kappa shape index (κ2) is 10.5. The number of nitrogens with one attached hydrogen (secondary N) is 1. The molecule has 0 saturated carbocycles. The molecule has 1 amide bonds. The Bertz CT molecular complexity index is 279. The minimum Gasteiger partial charge on any atom is -0.307 e. The standard InChI is InChI=1S/C7H9N3O.2C2H6/c1-3-7(11)9-6-4-5-8-10(6)2;2*1-2/h3-5H,1H2,2H3,(H,9,11);2*1-2H3. The molecule has 0 spiro atoms. The van der Waals surface area contributed by atoms with E-state index in [1.54, 1.807) is 24.0 Å². The number of hydrogen-bond acceptors (Lipinski definition) is 2. The molecule has 1 rings (SSSR count). The summed E-state index contributed by atoms with van der Waals surface area (Å²) in [4.78, 5) is 10.8. The number of carbonyl (C=O) groups excluding carboxylic acids is 1. The van der Waals surface area contributed by atoms with Crippen molar-refractivity contribution in [2.45, 2.75) is 27.7 Å². The van der Waals surface area contributed by atoms with E-state index in [0.717, 1.165) is 0 Å². The Morgan fingerprint density at radius 2 is 2.00 bits per heavy atom. The topological polar surface area (TPSA) is 46.9 Å². The third kappa shape index (κ3) is 6.49. The minimum absolute atomic E-state index is 0.228. The van der Waals surface area contributed by atoms with Crippen molar-refractivity contribution in [3.63, 3.8) is 0 Å². The molecule has 0 bridgehead atoms. The molecule has 0 aliphatic rings. The van der Waals surface area contributed by atoms with Crippen LogP contribution in [0.5, 0.6) is 0 Å². The first kappa shape index (κ1) is 15.9. The fourth-order valence-corrected chi connectivity index (χ4v) is 0.674. The zero-order valence-electron chi connectivity index (χ0n) is 10.2. The second-order valence-corrected chi connectivity index (χ2v) is 2.03. The van der Waals surface area contributed by atoms with E-state index >= 15 is 0 Å². The summed E-state index contributed by atoms with van der Waals surface area (Å²) in [6.07, 6.45) is 2.83. The molecule has 1 aromatic heterocycles. The molecular weight excluding hydrogens is 190 g/mol. The van der Waals surface area contributed by atoms with Crippen molar-refractivity contribution in [2.75, 3.05) is 5.32 Å². The van der Waals surface area contributed by atoms with Gasteiger partial charge in [-0.25, -0.2) is 0 Å². The third-order valence-electron chi connectivity index (χ3n) is 1.26. The summed E-state index contributed by atoms with van der Waals surface area (Å²) in [6, 6.07) is 1.71. The van der Waals surface area contributed by atoms with Gasteiger partial charge in [-0.2, -0.15) is 5.10 Å². The van der Waals surface area contributed by atoms with Crippen molar-refractivity contribution in [3.8, 4) is 0 Å². The Morgan fingerprint density at radius 3 is 2.33 bits per heavy atom. The van der Waals surface area contributed by atoms with Crippen molar-refractivity contribution in [2.24, 2.45) is 7.05 Å². The summed E-state index contributed by atoms with van der Waals surface area (Å²) in [5.41, 5.74) is 0. The molecule has 86 valence electrons. The van der Waals surface area contributed by atoms with E-state index in [4.69, 9.17) is 0 Å². The number of hydrogen-bond donors (Lipinski definition) is 1. The first-order valence-corrected chi connectivity index (χ1v) is 5.15. The molecule has 1 heterocycles. The summed E-state index contributed by atoms with van der Waals surface area (Å²) >= 11 is 0. The quantitative estimate of drug-likeness (QED) is 0.764. The van der Waals surface area contributed by atoms with Crippen LogP contribution in [0.1, 0.15) is 27.7 Å². The average molecular weight is 211 g/mol. The second-order valence-electron chi connectivity index (χ2n) is 2.03. The van der Waals surface area contributed by atoms with Crippen molar-refractivity contribution in [1.29, 1.82) is 0 Å². The van der Waals surface area contributed by atoms with E-state index in [1.165, 1.54) is 6.08 Å². The highest BCUT2D eigenvalue weighted by Crippen LogP contribution is 2.02. The molecule has 0 aliphatic carbocycles. The van der Waals surface area contributed by atoms with Crippen LogP contribution in [0.4, 0.5) is 5.82 Å². The van der Waals surface area contributed by atoms with Gasteiger partial charge in [0.1, 0.15) is 5.82 Å². The van der Waals surface area contributed by atoms with E-state index in [0.29, 0.717) is 5.82 Å². The van der Waals surface area contributed by atoms with Gasteiger partial charge >= 0.3 is 0 Å². The molecule has 0 aliphatic heterocycles. The van der Waals surface area contributed by atoms with Crippen LogP contribution in [0.15, 0.2) is 24.9 Å². The lowest BCUT2D eigenvalue weighted by molar-refractivity contribution is -0.111. The SMILES string of the molecule is C=CC(=O)Nc1ccnn1C.CC.CC. The maximum Gasteiger partial charge on any atom is 0.248 e. The number of rotatable bonds is 2. The highest BCUT2D eigenvalue weighted by molar-refractivity contribution is 5.98. The Labute approximate surface area is 92.0 Å². The van der Waals surface area contributed by atoms with E-state index in [2.05, 4.69) is 17.0 Å². The molecule has 0 fully saturated rings. The van der Waals surface area contributed by atoms with Crippen LogP contribution in [0.3, 0.4) is 0 Å². The number of carbonyl (C=O) groups is 1. The Balaban J connectivity index is 0. The van der Waals surface area contributed by atoms with Crippen molar-refractivity contribution in [1.82, 2.24) is 9.78 Å².